The van der Waals surface area contributed by atoms with Crippen molar-refractivity contribution in [2.24, 2.45) is 0 Å². The summed E-state index contributed by atoms with van der Waals surface area (Å²) in [6.45, 7) is 8.99. The number of rotatable bonds is 3. The second-order valence-corrected chi connectivity index (χ2v) is 6.41. The minimum atomic E-state index is -0.518. The van der Waals surface area contributed by atoms with Gasteiger partial charge in [-0.05, 0) is 58.4 Å². The summed E-state index contributed by atoms with van der Waals surface area (Å²) in [5.74, 6) is -0.949. The van der Waals surface area contributed by atoms with E-state index in [1.165, 1.54) is 6.07 Å². The molecule has 22 heavy (non-hydrogen) atoms. The average molecular weight is 304 g/mol. The lowest BCUT2D eigenvalue weighted by Crippen LogP contribution is -2.26. The molecule has 1 unspecified atom stereocenters. The molecule has 0 aliphatic heterocycles. The predicted molar refractivity (Wildman–Crippen MR) is 82.5 cm³/mol. The molecule has 2 rings (SSSR count). The third-order valence-electron chi connectivity index (χ3n) is 3.27. The van der Waals surface area contributed by atoms with Gasteiger partial charge in [0.2, 0.25) is 0 Å². The highest BCUT2D eigenvalue weighted by atomic mass is 19.1. The molecule has 0 amide bonds. The van der Waals surface area contributed by atoms with Crippen LogP contribution in [-0.2, 0) is 9.53 Å². The zero-order chi connectivity index (χ0) is 16.5. The van der Waals surface area contributed by atoms with Gasteiger partial charge in [-0.2, -0.15) is 5.10 Å². The fraction of sp³-hybridized carbons (Fsp3) is 0.412. The van der Waals surface area contributed by atoms with Crippen LogP contribution in [0.25, 0.3) is 5.69 Å². The summed E-state index contributed by atoms with van der Waals surface area (Å²) in [4.78, 5) is 12.1. The molecule has 118 valence electrons. The summed E-state index contributed by atoms with van der Waals surface area (Å²) in [5, 5.41) is 4.24. The van der Waals surface area contributed by atoms with Gasteiger partial charge < -0.3 is 4.74 Å². The summed E-state index contributed by atoms with van der Waals surface area (Å²) in [7, 11) is 0. The van der Waals surface area contributed by atoms with E-state index in [1.807, 2.05) is 20.8 Å². The molecule has 1 aromatic carbocycles. The summed E-state index contributed by atoms with van der Waals surface area (Å²) in [6.07, 6.45) is 3.40. The van der Waals surface area contributed by atoms with E-state index >= 15 is 0 Å². The van der Waals surface area contributed by atoms with E-state index in [9.17, 15) is 9.18 Å². The van der Waals surface area contributed by atoms with Crippen LogP contribution in [0.4, 0.5) is 4.39 Å². The first-order chi connectivity index (χ1) is 10.2. The van der Waals surface area contributed by atoms with E-state index in [0.717, 1.165) is 11.3 Å². The number of nitrogens with zero attached hydrogens (tertiary/aromatic N) is 2. The molecule has 0 bridgehead atoms. The van der Waals surface area contributed by atoms with Gasteiger partial charge in [-0.15, -0.1) is 0 Å². The van der Waals surface area contributed by atoms with E-state index in [4.69, 9.17) is 4.74 Å². The standard InChI is InChI=1S/C17H21FN2O2/c1-11-8-14(6-7-15(11)18)20-10-13(9-19-20)12(2)16(21)22-17(3,4)5/h6-10,12H,1-5H3. The molecule has 0 aliphatic carbocycles. The van der Waals surface area contributed by atoms with Crippen molar-refractivity contribution in [3.05, 3.63) is 47.5 Å². The predicted octanol–water partition coefficient (Wildman–Crippen LogP) is 3.77. The first-order valence-electron chi connectivity index (χ1n) is 7.21. The van der Waals surface area contributed by atoms with Gasteiger partial charge in [0.15, 0.2) is 0 Å². The third kappa shape index (κ3) is 3.72. The van der Waals surface area contributed by atoms with Gasteiger partial charge in [0.05, 0.1) is 17.8 Å². The number of benzene rings is 1. The number of carbonyl (C=O) groups is 1. The van der Waals surface area contributed by atoms with Gasteiger partial charge in [-0.25, -0.2) is 9.07 Å². The largest absolute Gasteiger partial charge is 0.460 e. The summed E-state index contributed by atoms with van der Waals surface area (Å²) in [5.41, 5.74) is 1.54. The van der Waals surface area contributed by atoms with E-state index in [2.05, 4.69) is 5.10 Å². The Morgan fingerprint density at radius 3 is 2.64 bits per heavy atom. The number of esters is 1. The van der Waals surface area contributed by atoms with Crippen LogP contribution >= 0.6 is 0 Å². The van der Waals surface area contributed by atoms with Crippen molar-refractivity contribution in [2.45, 2.75) is 46.1 Å². The van der Waals surface area contributed by atoms with E-state index < -0.39 is 11.5 Å². The molecule has 1 aromatic heterocycles. The molecule has 0 radical (unpaired) electrons. The molecule has 1 heterocycles. The number of aryl methyl sites for hydroxylation is 1. The Morgan fingerprint density at radius 2 is 2.05 bits per heavy atom. The quantitative estimate of drug-likeness (QED) is 0.811. The van der Waals surface area contributed by atoms with Gasteiger partial charge in [0.1, 0.15) is 11.4 Å². The zero-order valence-corrected chi connectivity index (χ0v) is 13.6. The van der Waals surface area contributed by atoms with E-state index in [-0.39, 0.29) is 11.8 Å². The number of aromatic nitrogens is 2. The van der Waals surface area contributed by atoms with E-state index in [0.29, 0.717) is 5.56 Å². The zero-order valence-electron chi connectivity index (χ0n) is 13.6. The van der Waals surface area contributed by atoms with Crippen LogP contribution in [0.15, 0.2) is 30.6 Å². The Bertz CT molecular complexity index is 686. The molecule has 0 spiro atoms. The number of hydrogen-bond acceptors (Lipinski definition) is 3. The van der Waals surface area contributed by atoms with Crippen molar-refractivity contribution < 1.29 is 13.9 Å². The van der Waals surface area contributed by atoms with Gasteiger partial charge in [0, 0.05) is 11.8 Å². The molecule has 0 N–H and O–H groups in total. The second-order valence-electron chi connectivity index (χ2n) is 6.41. The molecule has 4 nitrogen and oxygen atoms in total. The molecular weight excluding hydrogens is 283 g/mol. The highest BCUT2D eigenvalue weighted by Crippen LogP contribution is 2.21. The number of carbonyl (C=O) groups excluding carboxylic acids is 1. The number of halogens is 1. The maximum Gasteiger partial charge on any atom is 0.313 e. The van der Waals surface area contributed by atoms with E-state index in [1.54, 1.807) is 43.1 Å². The van der Waals surface area contributed by atoms with Crippen molar-refractivity contribution in [3.8, 4) is 5.69 Å². The Morgan fingerprint density at radius 1 is 1.36 bits per heavy atom. The topological polar surface area (TPSA) is 44.1 Å². The van der Waals surface area contributed by atoms with Crippen molar-refractivity contribution in [1.82, 2.24) is 9.78 Å². The number of hydrogen-bond donors (Lipinski definition) is 0. The summed E-state index contributed by atoms with van der Waals surface area (Å²) in [6, 6.07) is 4.77. The highest BCUT2D eigenvalue weighted by molar-refractivity contribution is 5.77. The van der Waals surface area contributed by atoms with Gasteiger partial charge in [-0.1, -0.05) is 0 Å². The monoisotopic (exact) mass is 304 g/mol. The first kappa shape index (κ1) is 16.2. The van der Waals surface area contributed by atoms with Crippen LogP contribution in [0.1, 0.15) is 44.7 Å². The second kappa shape index (κ2) is 5.91. The van der Waals surface area contributed by atoms with Crippen molar-refractivity contribution >= 4 is 5.97 Å². The van der Waals surface area contributed by atoms with Crippen LogP contribution in [0, 0.1) is 12.7 Å². The smallest absolute Gasteiger partial charge is 0.313 e. The molecule has 0 aliphatic rings. The Kier molecular flexibility index (Phi) is 4.35. The highest BCUT2D eigenvalue weighted by Gasteiger charge is 2.24. The minimum Gasteiger partial charge on any atom is -0.460 e. The Hall–Kier alpha value is -2.17. The molecule has 0 fully saturated rings. The summed E-state index contributed by atoms with van der Waals surface area (Å²) >= 11 is 0. The van der Waals surface area contributed by atoms with Gasteiger partial charge >= 0.3 is 5.97 Å². The molecule has 2 aromatic rings. The lowest BCUT2D eigenvalue weighted by atomic mass is 10.1. The van der Waals surface area contributed by atoms with Crippen LogP contribution in [-0.4, -0.2) is 21.4 Å². The maximum atomic E-state index is 13.3. The number of ether oxygens (including phenoxy) is 1. The Labute approximate surface area is 129 Å². The first-order valence-corrected chi connectivity index (χ1v) is 7.21. The molecular formula is C17H21FN2O2. The third-order valence-corrected chi connectivity index (χ3v) is 3.27. The van der Waals surface area contributed by atoms with Crippen LogP contribution < -0.4 is 0 Å². The minimum absolute atomic E-state index is 0.252. The fourth-order valence-electron chi connectivity index (χ4n) is 2.00. The lowest BCUT2D eigenvalue weighted by molar-refractivity contribution is -0.156. The van der Waals surface area contributed by atoms with Crippen molar-refractivity contribution in [3.63, 3.8) is 0 Å². The normalized spacial score (nSPS) is 13.0. The molecule has 0 saturated heterocycles. The maximum absolute atomic E-state index is 13.3. The molecule has 0 saturated carbocycles. The molecule has 1 atom stereocenters. The van der Waals surface area contributed by atoms with Crippen molar-refractivity contribution in [2.75, 3.05) is 0 Å². The lowest BCUT2D eigenvalue weighted by Gasteiger charge is -2.21. The molecule has 5 heteroatoms. The van der Waals surface area contributed by atoms with Crippen LogP contribution in [0.3, 0.4) is 0 Å². The van der Waals surface area contributed by atoms with Crippen LogP contribution in [0.5, 0.6) is 0 Å². The average Bonchev–Trinajstić information content (AvgIpc) is 2.88. The Balaban J connectivity index is 2.20. The van der Waals surface area contributed by atoms with Crippen molar-refractivity contribution in [1.29, 1.82) is 0 Å². The van der Waals surface area contributed by atoms with Gasteiger partial charge in [0.25, 0.3) is 0 Å². The van der Waals surface area contributed by atoms with Gasteiger partial charge in [-0.3, -0.25) is 4.79 Å². The fourth-order valence-corrected chi connectivity index (χ4v) is 2.00. The SMILES string of the molecule is Cc1cc(-n2cc(C(C)C(=O)OC(C)(C)C)cn2)ccc1F. The summed E-state index contributed by atoms with van der Waals surface area (Å²) < 4.78 is 20.3. The van der Waals surface area contributed by atoms with Crippen LogP contribution in [0.2, 0.25) is 0 Å².